The van der Waals surface area contributed by atoms with Gasteiger partial charge in [0.15, 0.2) is 11.5 Å². The van der Waals surface area contributed by atoms with E-state index in [-0.39, 0.29) is 12.1 Å². The van der Waals surface area contributed by atoms with Gasteiger partial charge in [-0.3, -0.25) is 9.59 Å². The summed E-state index contributed by atoms with van der Waals surface area (Å²) in [5.74, 6) is 0.481. The number of esters is 1. The van der Waals surface area contributed by atoms with Crippen molar-refractivity contribution in [2.45, 2.75) is 13.3 Å². The molecule has 0 aliphatic heterocycles. The van der Waals surface area contributed by atoms with Crippen molar-refractivity contribution >= 4 is 24.0 Å². The van der Waals surface area contributed by atoms with Gasteiger partial charge in [0.05, 0.1) is 46.3 Å². The number of methoxy groups -OCH3 is 3. The Balaban J connectivity index is 1.47. The van der Waals surface area contributed by atoms with Crippen LogP contribution < -0.4 is 34.4 Å². The van der Waals surface area contributed by atoms with E-state index < -0.39 is 17.8 Å². The normalized spacial score (nSPS) is 10.5. The third-order valence-electron chi connectivity index (χ3n) is 5.39. The van der Waals surface area contributed by atoms with E-state index in [2.05, 4.69) is 15.8 Å². The summed E-state index contributed by atoms with van der Waals surface area (Å²) in [6.45, 7) is 2.31. The Morgan fingerprint density at radius 3 is 2.02 bits per heavy atom. The van der Waals surface area contributed by atoms with E-state index in [0.29, 0.717) is 46.5 Å². The molecule has 0 radical (unpaired) electrons. The van der Waals surface area contributed by atoms with E-state index in [4.69, 9.17) is 23.7 Å². The number of nitrogens with one attached hydrogen (secondary N) is 2. The Kier molecular flexibility index (Phi) is 10.9. The van der Waals surface area contributed by atoms with E-state index in [1.807, 2.05) is 6.92 Å². The molecule has 0 bridgehead atoms. The number of carbonyl (C=O) groups is 3. The minimum absolute atomic E-state index is 0.226. The molecule has 11 nitrogen and oxygen atoms in total. The molecule has 0 spiro atoms. The van der Waals surface area contributed by atoms with Crippen molar-refractivity contribution in [3.8, 4) is 28.7 Å². The van der Waals surface area contributed by atoms with Gasteiger partial charge in [-0.25, -0.2) is 10.2 Å². The topological polar surface area (TPSA) is 134 Å². The molecule has 0 atom stereocenters. The highest BCUT2D eigenvalue weighted by molar-refractivity contribution is 5.97. The van der Waals surface area contributed by atoms with Crippen LogP contribution in [0.2, 0.25) is 0 Å². The first-order chi connectivity index (χ1) is 19.4. The standard InChI is InChI=1S/C29H31N3O8/c1-5-14-39-22-12-8-20(9-13-22)29(35)40-23-10-6-19(7-11-23)17-31-32-26(33)18-30-28(34)21-15-24(36-2)27(38-4)25(16-21)37-3/h6-13,15-17H,5,14,18H2,1-4H3,(H,30,34)(H,32,33)/b31-17-. The molecule has 3 rings (SSSR count). The van der Waals surface area contributed by atoms with Crippen LogP contribution in [0, 0.1) is 0 Å². The first-order valence-corrected chi connectivity index (χ1v) is 12.3. The minimum Gasteiger partial charge on any atom is -0.494 e. The lowest BCUT2D eigenvalue weighted by molar-refractivity contribution is -0.120. The lowest BCUT2D eigenvalue weighted by atomic mass is 10.1. The highest BCUT2D eigenvalue weighted by atomic mass is 16.5. The van der Waals surface area contributed by atoms with Crippen LogP contribution in [0.3, 0.4) is 0 Å². The van der Waals surface area contributed by atoms with Gasteiger partial charge in [-0.1, -0.05) is 6.92 Å². The van der Waals surface area contributed by atoms with Crippen molar-refractivity contribution in [1.29, 1.82) is 0 Å². The van der Waals surface area contributed by atoms with Crippen LogP contribution in [0.15, 0.2) is 65.8 Å². The fraction of sp³-hybridized carbons (Fsp3) is 0.241. The van der Waals surface area contributed by atoms with Crippen LogP contribution in [-0.4, -0.2) is 58.5 Å². The molecule has 0 fully saturated rings. The van der Waals surface area contributed by atoms with Gasteiger partial charge in [-0.15, -0.1) is 0 Å². The number of amides is 2. The van der Waals surface area contributed by atoms with Gasteiger partial charge in [-0.2, -0.15) is 5.10 Å². The van der Waals surface area contributed by atoms with Crippen molar-refractivity contribution < 1.29 is 38.1 Å². The van der Waals surface area contributed by atoms with Crippen molar-refractivity contribution in [2.24, 2.45) is 5.10 Å². The Morgan fingerprint density at radius 1 is 0.825 bits per heavy atom. The van der Waals surface area contributed by atoms with E-state index in [9.17, 15) is 14.4 Å². The summed E-state index contributed by atoms with van der Waals surface area (Å²) in [4.78, 5) is 37.0. The second-order valence-corrected chi connectivity index (χ2v) is 8.22. The first kappa shape index (κ1) is 29.5. The summed E-state index contributed by atoms with van der Waals surface area (Å²) in [5, 5.41) is 6.39. The Labute approximate surface area is 232 Å². The van der Waals surface area contributed by atoms with Gasteiger partial charge < -0.3 is 29.0 Å². The van der Waals surface area contributed by atoms with E-state index in [0.717, 1.165) is 6.42 Å². The molecule has 0 aliphatic rings. The smallest absolute Gasteiger partial charge is 0.343 e. The zero-order chi connectivity index (χ0) is 28.9. The predicted octanol–water partition coefficient (Wildman–Crippen LogP) is 3.60. The second-order valence-electron chi connectivity index (χ2n) is 8.22. The van der Waals surface area contributed by atoms with E-state index in [1.165, 1.54) is 39.7 Å². The summed E-state index contributed by atoms with van der Waals surface area (Å²) in [6.07, 6.45) is 2.31. The molecule has 0 aromatic heterocycles. The van der Waals surface area contributed by atoms with Crippen LogP contribution in [0.4, 0.5) is 0 Å². The molecular weight excluding hydrogens is 518 g/mol. The summed E-state index contributed by atoms with van der Waals surface area (Å²) in [7, 11) is 4.34. The molecule has 0 saturated heterocycles. The summed E-state index contributed by atoms with van der Waals surface area (Å²) < 4.78 is 26.6. The molecule has 3 aromatic rings. The Hall–Kier alpha value is -5.06. The largest absolute Gasteiger partial charge is 0.494 e. The maximum atomic E-state index is 12.5. The first-order valence-electron chi connectivity index (χ1n) is 12.3. The Bertz CT molecular complexity index is 1310. The van der Waals surface area contributed by atoms with Gasteiger partial charge in [0.25, 0.3) is 11.8 Å². The molecular formula is C29H31N3O8. The summed E-state index contributed by atoms with van der Waals surface area (Å²) >= 11 is 0. The number of nitrogens with zero attached hydrogens (tertiary/aromatic N) is 1. The molecule has 0 heterocycles. The van der Waals surface area contributed by atoms with Crippen molar-refractivity contribution in [3.63, 3.8) is 0 Å². The van der Waals surface area contributed by atoms with E-state index in [1.54, 1.807) is 48.5 Å². The maximum absolute atomic E-state index is 12.5. The molecule has 3 aromatic carbocycles. The van der Waals surface area contributed by atoms with Gasteiger partial charge in [0.2, 0.25) is 5.75 Å². The predicted molar refractivity (Wildman–Crippen MR) is 148 cm³/mol. The number of ether oxygens (including phenoxy) is 5. The third kappa shape index (κ3) is 8.22. The van der Waals surface area contributed by atoms with Crippen molar-refractivity contribution in [3.05, 3.63) is 77.4 Å². The van der Waals surface area contributed by atoms with Crippen LogP contribution in [-0.2, 0) is 4.79 Å². The zero-order valence-corrected chi connectivity index (χ0v) is 22.7. The van der Waals surface area contributed by atoms with Gasteiger partial charge in [0, 0.05) is 5.56 Å². The van der Waals surface area contributed by atoms with Gasteiger partial charge >= 0.3 is 5.97 Å². The fourth-order valence-corrected chi connectivity index (χ4v) is 3.39. The number of hydrogen-bond acceptors (Lipinski definition) is 9. The third-order valence-corrected chi connectivity index (χ3v) is 5.39. The molecule has 2 amide bonds. The van der Waals surface area contributed by atoms with Crippen LogP contribution >= 0.6 is 0 Å². The van der Waals surface area contributed by atoms with Crippen LogP contribution in [0.25, 0.3) is 0 Å². The summed E-state index contributed by atoms with van der Waals surface area (Å²) in [5.41, 5.74) is 3.61. The molecule has 2 N–H and O–H groups in total. The van der Waals surface area contributed by atoms with Gasteiger partial charge in [0.1, 0.15) is 11.5 Å². The van der Waals surface area contributed by atoms with Crippen molar-refractivity contribution in [1.82, 2.24) is 10.7 Å². The quantitative estimate of drug-likeness (QED) is 0.143. The average molecular weight is 550 g/mol. The lowest BCUT2D eigenvalue weighted by Gasteiger charge is -2.14. The zero-order valence-electron chi connectivity index (χ0n) is 22.7. The monoisotopic (exact) mass is 549 g/mol. The molecule has 0 aliphatic carbocycles. The maximum Gasteiger partial charge on any atom is 0.343 e. The highest BCUT2D eigenvalue weighted by Gasteiger charge is 2.17. The average Bonchev–Trinajstić information content (AvgIpc) is 2.99. The molecule has 0 saturated carbocycles. The number of rotatable bonds is 13. The number of benzene rings is 3. The van der Waals surface area contributed by atoms with E-state index >= 15 is 0 Å². The fourth-order valence-electron chi connectivity index (χ4n) is 3.39. The SMILES string of the molecule is CCCOc1ccc(C(=O)Oc2ccc(/C=N\NC(=O)CNC(=O)c3cc(OC)c(OC)c(OC)c3)cc2)cc1. The summed E-state index contributed by atoms with van der Waals surface area (Å²) in [6, 6.07) is 16.2. The highest BCUT2D eigenvalue weighted by Crippen LogP contribution is 2.38. The van der Waals surface area contributed by atoms with Crippen molar-refractivity contribution in [2.75, 3.05) is 34.5 Å². The number of hydrogen-bond donors (Lipinski definition) is 2. The Morgan fingerprint density at radius 2 is 1.45 bits per heavy atom. The molecule has 40 heavy (non-hydrogen) atoms. The van der Waals surface area contributed by atoms with Crippen LogP contribution in [0.1, 0.15) is 39.6 Å². The number of carbonyl (C=O) groups excluding carboxylic acids is 3. The molecule has 0 unspecified atom stereocenters. The minimum atomic E-state index is -0.534. The number of hydrazone groups is 1. The molecule has 11 heteroatoms. The lowest BCUT2D eigenvalue weighted by Crippen LogP contribution is -2.34. The van der Waals surface area contributed by atoms with Crippen LogP contribution in [0.5, 0.6) is 28.7 Å². The molecule has 210 valence electrons. The van der Waals surface area contributed by atoms with Gasteiger partial charge in [-0.05, 0) is 72.6 Å². The second kappa shape index (κ2) is 14.8.